The number of carbonyl (C=O) groups is 1. The van der Waals surface area contributed by atoms with Crippen molar-refractivity contribution in [2.45, 2.75) is 44.7 Å². The van der Waals surface area contributed by atoms with Crippen LogP contribution in [0.3, 0.4) is 0 Å². The van der Waals surface area contributed by atoms with Gasteiger partial charge in [-0.05, 0) is 57.0 Å². The Kier molecular flexibility index (Phi) is 8.81. The molecule has 2 rings (SSSR count). The molecule has 5 nitrogen and oxygen atoms in total. The van der Waals surface area contributed by atoms with E-state index in [0.29, 0.717) is 25.1 Å². The highest BCUT2D eigenvalue weighted by Crippen LogP contribution is 2.17. The lowest BCUT2D eigenvalue weighted by molar-refractivity contribution is -0.122. The summed E-state index contributed by atoms with van der Waals surface area (Å²) in [6, 6.07) is 8.26. The van der Waals surface area contributed by atoms with Gasteiger partial charge in [0.1, 0.15) is 11.5 Å². The second-order valence-corrected chi connectivity index (χ2v) is 5.77. The Hall–Kier alpha value is -1.46. The zero-order valence-corrected chi connectivity index (χ0v) is 14.7. The fourth-order valence-corrected chi connectivity index (χ4v) is 2.66. The Morgan fingerprint density at radius 2 is 2.00 bits per heavy atom. The van der Waals surface area contributed by atoms with Gasteiger partial charge in [0.25, 0.3) is 0 Å². The van der Waals surface area contributed by atoms with Crippen molar-refractivity contribution in [1.82, 2.24) is 10.6 Å². The molecule has 2 unspecified atom stereocenters. The largest absolute Gasteiger partial charge is 0.497 e. The third-order valence-electron chi connectivity index (χ3n) is 3.87. The minimum absolute atomic E-state index is 0. The van der Waals surface area contributed by atoms with Crippen molar-refractivity contribution < 1.29 is 14.3 Å². The minimum atomic E-state index is 0. The number of ether oxygens (including phenoxy) is 2. The smallest absolute Gasteiger partial charge is 0.220 e. The zero-order chi connectivity index (χ0) is 15.8. The minimum Gasteiger partial charge on any atom is -0.497 e. The Bertz CT molecular complexity index is 467. The molecular weight excluding hydrogens is 316 g/mol. The van der Waals surface area contributed by atoms with Crippen molar-refractivity contribution in [2.75, 3.05) is 20.3 Å². The van der Waals surface area contributed by atoms with E-state index in [4.69, 9.17) is 9.47 Å². The van der Waals surface area contributed by atoms with Gasteiger partial charge in [-0.2, -0.15) is 0 Å². The summed E-state index contributed by atoms with van der Waals surface area (Å²) >= 11 is 0. The van der Waals surface area contributed by atoms with E-state index in [0.717, 1.165) is 37.3 Å². The zero-order valence-electron chi connectivity index (χ0n) is 13.8. The molecule has 2 atom stereocenters. The second-order valence-electron chi connectivity index (χ2n) is 5.77. The first-order valence-corrected chi connectivity index (χ1v) is 7.97. The van der Waals surface area contributed by atoms with Gasteiger partial charge in [-0.1, -0.05) is 0 Å². The van der Waals surface area contributed by atoms with E-state index in [-0.39, 0.29) is 18.3 Å². The molecule has 0 bridgehead atoms. The predicted octanol–water partition coefficient (Wildman–Crippen LogP) is 2.53. The fourth-order valence-electron chi connectivity index (χ4n) is 2.66. The van der Waals surface area contributed by atoms with E-state index in [2.05, 4.69) is 17.6 Å². The number of benzene rings is 1. The summed E-state index contributed by atoms with van der Waals surface area (Å²) in [7, 11) is 1.64. The van der Waals surface area contributed by atoms with Gasteiger partial charge in [0.05, 0.1) is 13.7 Å². The molecular formula is C17H27ClN2O3. The molecule has 0 saturated carbocycles. The molecule has 23 heavy (non-hydrogen) atoms. The van der Waals surface area contributed by atoms with Crippen LogP contribution in [0.4, 0.5) is 0 Å². The SMILES string of the molecule is COc1ccc(OCCCC(=O)NC2CCNC(C)C2)cc1.Cl. The van der Waals surface area contributed by atoms with Crippen LogP contribution in [-0.2, 0) is 4.79 Å². The highest BCUT2D eigenvalue weighted by Gasteiger charge is 2.19. The third kappa shape index (κ3) is 7.10. The first kappa shape index (κ1) is 19.6. The standard InChI is InChI=1S/C17H26N2O3.ClH/c1-13-12-14(9-10-18-13)19-17(20)4-3-11-22-16-7-5-15(21-2)6-8-16;/h5-8,13-14,18H,3-4,9-12H2,1-2H3,(H,19,20);1H. The van der Waals surface area contributed by atoms with Crippen molar-refractivity contribution >= 4 is 18.3 Å². The molecule has 1 aliphatic heterocycles. The summed E-state index contributed by atoms with van der Waals surface area (Å²) in [5.41, 5.74) is 0. The number of carbonyl (C=O) groups excluding carboxylic acids is 1. The maximum absolute atomic E-state index is 11.9. The fraction of sp³-hybridized carbons (Fsp3) is 0.588. The van der Waals surface area contributed by atoms with Crippen LogP contribution in [0, 0.1) is 0 Å². The molecule has 130 valence electrons. The van der Waals surface area contributed by atoms with Crippen LogP contribution in [0.1, 0.15) is 32.6 Å². The van der Waals surface area contributed by atoms with Crippen LogP contribution in [0.5, 0.6) is 11.5 Å². The van der Waals surface area contributed by atoms with E-state index in [9.17, 15) is 4.79 Å². The van der Waals surface area contributed by atoms with Crippen LogP contribution < -0.4 is 20.1 Å². The maximum Gasteiger partial charge on any atom is 0.220 e. The average molecular weight is 343 g/mol. The summed E-state index contributed by atoms with van der Waals surface area (Å²) in [5.74, 6) is 1.73. The van der Waals surface area contributed by atoms with Crippen LogP contribution in [0.25, 0.3) is 0 Å². The quantitative estimate of drug-likeness (QED) is 0.748. The number of nitrogens with one attached hydrogen (secondary N) is 2. The predicted molar refractivity (Wildman–Crippen MR) is 93.6 cm³/mol. The number of halogens is 1. The maximum atomic E-state index is 11.9. The van der Waals surface area contributed by atoms with Crippen LogP contribution in [0.2, 0.25) is 0 Å². The summed E-state index contributed by atoms with van der Waals surface area (Å²) in [4.78, 5) is 11.9. The van der Waals surface area contributed by atoms with E-state index >= 15 is 0 Å². The van der Waals surface area contributed by atoms with Gasteiger partial charge >= 0.3 is 0 Å². The molecule has 1 fully saturated rings. The lowest BCUT2D eigenvalue weighted by atomic mass is 10.0. The molecule has 0 aromatic heterocycles. The number of rotatable bonds is 7. The second kappa shape index (κ2) is 10.3. The Balaban J connectivity index is 0.00000264. The van der Waals surface area contributed by atoms with E-state index in [1.807, 2.05) is 24.3 Å². The van der Waals surface area contributed by atoms with Gasteiger partial charge in [0.2, 0.25) is 5.91 Å². The van der Waals surface area contributed by atoms with Gasteiger partial charge in [-0.25, -0.2) is 0 Å². The molecule has 0 spiro atoms. The number of piperidine rings is 1. The molecule has 2 N–H and O–H groups in total. The van der Waals surface area contributed by atoms with E-state index in [1.165, 1.54) is 0 Å². The molecule has 0 radical (unpaired) electrons. The van der Waals surface area contributed by atoms with Crippen molar-refractivity contribution in [2.24, 2.45) is 0 Å². The Morgan fingerprint density at radius 1 is 1.30 bits per heavy atom. The van der Waals surface area contributed by atoms with Crippen molar-refractivity contribution in [1.29, 1.82) is 0 Å². The highest BCUT2D eigenvalue weighted by atomic mass is 35.5. The van der Waals surface area contributed by atoms with Crippen LogP contribution in [0.15, 0.2) is 24.3 Å². The molecule has 1 saturated heterocycles. The number of hydrogen-bond donors (Lipinski definition) is 2. The van der Waals surface area contributed by atoms with E-state index < -0.39 is 0 Å². The van der Waals surface area contributed by atoms with Gasteiger partial charge in [-0.3, -0.25) is 4.79 Å². The summed E-state index contributed by atoms with van der Waals surface area (Å²) in [5, 5.41) is 6.50. The summed E-state index contributed by atoms with van der Waals surface area (Å²) in [6.45, 7) is 3.68. The molecule has 6 heteroatoms. The topological polar surface area (TPSA) is 59.6 Å². The Labute approximate surface area is 144 Å². The summed E-state index contributed by atoms with van der Waals surface area (Å²) in [6.07, 6.45) is 3.25. The number of amides is 1. The van der Waals surface area contributed by atoms with Gasteiger partial charge < -0.3 is 20.1 Å². The molecule has 1 aliphatic rings. The molecule has 0 aliphatic carbocycles. The highest BCUT2D eigenvalue weighted by molar-refractivity contribution is 5.85. The lowest BCUT2D eigenvalue weighted by Gasteiger charge is -2.28. The molecule has 1 amide bonds. The van der Waals surface area contributed by atoms with Crippen LogP contribution in [-0.4, -0.2) is 38.3 Å². The number of hydrogen-bond acceptors (Lipinski definition) is 4. The van der Waals surface area contributed by atoms with Gasteiger partial charge in [0.15, 0.2) is 0 Å². The number of methoxy groups -OCH3 is 1. The molecule has 1 heterocycles. The third-order valence-corrected chi connectivity index (χ3v) is 3.87. The van der Waals surface area contributed by atoms with Crippen LogP contribution >= 0.6 is 12.4 Å². The summed E-state index contributed by atoms with van der Waals surface area (Å²) < 4.78 is 10.7. The van der Waals surface area contributed by atoms with Gasteiger partial charge in [-0.15, -0.1) is 12.4 Å². The first-order valence-electron chi connectivity index (χ1n) is 7.97. The molecule has 1 aromatic carbocycles. The first-order chi connectivity index (χ1) is 10.7. The van der Waals surface area contributed by atoms with Crippen molar-refractivity contribution in [3.63, 3.8) is 0 Å². The molecule has 1 aromatic rings. The normalized spacial score (nSPS) is 20.3. The monoisotopic (exact) mass is 342 g/mol. The van der Waals surface area contributed by atoms with E-state index in [1.54, 1.807) is 7.11 Å². The lowest BCUT2D eigenvalue weighted by Crippen LogP contribution is -2.46. The average Bonchev–Trinajstić information content (AvgIpc) is 2.52. The van der Waals surface area contributed by atoms with Gasteiger partial charge in [0, 0.05) is 18.5 Å². The van der Waals surface area contributed by atoms with Crippen molar-refractivity contribution in [3.8, 4) is 11.5 Å². The van der Waals surface area contributed by atoms with Crippen molar-refractivity contribution in [3.05, 3.63) is 24.3 Å². The Morgan fingerprint density at radius 3 is 2.65 bits per heavy atom.